The van der Waals surface area contributed by atoms with E-state index in [-0.39, 0.29) is 44.6 Å². The highest BCUT2D eigenvalue weighted by Gasteiger charge is 2.74. The molecular formula is C30H50O4SSi2. The fourth-order valence-electron chi connectivity index (χ4n) is 7.30. The maximum atomic E-state index is 13.9. The molecule has 2 saturated carbocycles. The molecule has 4 nitrogen and oxygen atoms in total. The van der Waals surface area contributed by atoms with Gasteiger partial charge in [0, 0.05) is 12.5 Å². The first-order valence-corrected chi connectivity index (χ1v) is 21.4. The lowest BCUT2D eigenvalue weighted by Crippen LogP contribution is -2.68. The number of Topliss-reactive ketones (excluding diaryl/α,β-unsaturated/α-hetero) is 1. The molecule has 5 aliphatic carbocycles. The Labute approximate surface area is 232 Å². The average molecular weight is 563 g/mol. The molecule has 8 unspecified atom stereocenters. The van der Waals surface area contributed by atoms with Gasteiger partial charge in [-0.25, -0.2) is 0 Å². The molecule has 2 heterocycles. The summed E-state index contributed by atoms with van der Waals surface area (Å²) < 4.78 is 20.6. The van der Waals surface area contributed by atoms with Crippen molar-refractivity contribution < 1.29 is 18.4 Å². The van der Waals surface area contributed by atoms with E-state index in [1.54, 1.807) is 0 Å². The molecule has 37 heavy (non-hydrogen) atoms. The van der Waals surface area contributed by atoms with Gasteiger partial charge in [0.05, 0.1) is 34.9 Å². The number of ether oxygens (including phenoxy) is 1. The standard InChI is InChI=1S/C30H50O4SSi2/c1-27(2,3)36(8,9)32-17-19-14-22-23-15-21(19)25(26(22)31)29(34-23)16-20-12-13-24(29)30(20,35-7)18-33-37(10,11)28(4,5)6/h12-14,20-25H,15-18H2,1-11H3. The highest BCUT2D eigenvalue weighted by molar-refractivity contribution is 8.00. The summed E-state index contributed by atoms with van der Waals surface area (Å²) in [6.07, 6.45) is 11.2. The molecular weight excluding hydrogens is 513 g/mol. The molecule has 8 atom stereocenters. The molecule has 208 valence electrons. The highest BCUT2D eigenvalue weighted by Crippen LogP contribution is 2.69. The summed E-state index contributed by atoms with van der Waals surface area (Å²) in [4.78, 5) is 13.9. The first-order valence-electron chi connectivity index (χ1n) is 14.3. The molecule has 7 aliphatic rings. The Bertz CT molecular complexity index is 1020. The summed E-state index contributed by atoms with van der Waals surface area (Å²) in [5.74, 6) is 1.16. The van der Waals surface area contributed by atoms with Crippen molar-refractivity contribution in [3.8, 4) is 0 Å². The Morgan fingerprint density at radius 2 is 1.65 bits per heavy atom. The number of carbonyl (C=O) groups is 1. The van der Waals surface area contributed by atoms with Crippen LogP contribution in [0.1, 0.15) is 54.4 Å². The second-order valence-electron chi connectivity index (χ2n) is 15.5. The van der Waals surface area contributed by atoms with Crippen molar-refractivity contribution in [3.05, 3.63) is 23.8 Å². The summed E-state index contributed by atoms with van der Waals surface area (Å²) in [6.45, 7) is 24.6. The van der Waals surface area contributed by atoms with E-state index in [2.05, 4.69) is 92.2 Å². The van der Waals surface area contributed by atoms with Crippen LogP contribution in [-0.2, 0) is 18.4 Å². The Morgan fingerprint density at radius 3 is 2.22 bits per heavy atom. The first kappa shape index (κ1) is 28.3. The van der Waals surface area contributed by atoms with Gasteiger partial charge >= 0.3 is 0 Å². The maximum Gasteiger partial charge on any atom is 0.192 e. The largest absolute Gasteiger partial charge is 0.415 e. The van der Waals surface area contributed by atoms with Crippen LogP contribution in [0, 0.1) is 29.6 Å². The van der Waals surface area contributed by atoms with Crippen LogP contribution in [0.3, 0.4) is 0 Å². The predicted octanol–water partition coefficient (Wildman–Crippen LogP) is 7.24. The van der Waals surface area contributed by atoms with Gasteiger partial charge in [0.15, 0.2) is 16.6 Å². The van der Waals surface area contributed by atoms with Gasteiger partial charge in [-0.2, -0.15) is 11.8 Å². The van der Waals surface area contributed by atoms with Crippen LogP contribution in [0.25, 0.3) is 0 Å². The third-order valence-corrected chi connectivity index (χ3v) is 22.1. The van der Waals surface area contributed by atoms with Gasteiger partial charge in [-0.05, 0) is 72.8 Å². The topological polar surface area (TPSA) is 44.8 Å². The van der Waals surface area contributed by atoms with Crippen LogP contribution in [-0.4, -0.2) is 58.3 Å². The number of carbonyl (C=O) groups excluding carboxylic acids is 1. The first-order chi connectivity index (χ1) is 16.9. The van der Waals surface area contributed by atoms with Gasteiger partial charge < -0.3 is 13.6 Å². The van der Waals surface area contributed by atoms with Crippen molar-refractivity contribution in [2.45, 2.75) is 107 Å². The third-order valence-electron chi connectivity index (χ3n) is 11.7. The Balaban J connectivity index is 1.42. The van der Waals surface area contributed by atoms with E-state index < -0.39 is 22.2 Å². The zero-order valence-corrected chi connectivity index (χ0v) is 27.9. The van der Waals surface area contributed by atoms with Crippen LogP contribution >= 0.6 is 11.8 Å². The SMILES string of the molecule is CSC1(CO[Si](C)(C)C(C)(C)C)C2C=CC1C1(C2)OC2CC3C(CO[Si](C)(C)C(C)(C)C)=CC2C(=O)C31. The molecule has 1 spiro atoms. The van der Waals surface area contributed by atoms with E-state index in [1.807, 2.05) is 11.8 Å². The van der Waals surface area contributed by atoms with Crippen molar-refractivity contribution in [2.24, 2.45) is 29.6 Å². The summed E-state index contributed by atoms with van der Waals surface area (Å²) in [7, 11) is -3.76. The molecule has 4 fully saturated rings. The monoisotopic (exact) mass is 562 g/mol. The smallest absolute Gasteiger partial charge is 0.192 e. The molecule has 7 heteroatoms. The van der Waals surface area contributed by atoms with Gasteiger partial charge in [-0.1, -0.05) is 59.8 Å². The number of ketones is 1. The lowest BCUT2D eigenvalue weighted by Gasteiger charge is -2.61. The quantitative estimate of drug-likeness (QED) is 0.242. The molecule has 2 saturated heterocycles. The van der Waals surface area contributed by atoms with Crippen LogP contribution in [0.4, 0.5) is 0 Å². The van der Waals surface area contributed by atoms with E-state index in [1.165, 1.54) is 5.57 Å². The van der Waals surface area contributed by atoms with E-state index in [4.69, 9.17) is 13.6 Å². The number of hydrogen-bond donors (Lipinski definition) is 0. The van der Waals surface area contributed by atoms with E-state index in [0.29, 0.717) is 18.3 Å². The van der Waals surface area contributed by atoms with E-state index in [9.17, 15) is 4.79 Å². The van der Waals surface area contributed by atoms with Crippen LogP contribution in [0.2, 0.25) is 36.3 Å². The lowest BCUT2D eigenvalue weighted by atomic mass is 9.53. The molecule has 0 aromatic heterocycles. The van der Waals surface area contributed by atoms with Crippen molar-refractivity contribution in [1.29, 1.82) is 0 Å². The average Bonchev–Trinajstić information content (AvgIpc) is 3.25. The van der Waals surface area contributed by atoms with E-state index >= 15 is 0 Å². The van der Waals surface area contributed by atoms with Crippen LogP contribution in [0.15, 0.2) is 23.8 Å². The zero-order chi connectivity index (χ0) is 27.4. The predicted molar refractivity (Wildman–Crippen MR) is 159 cm³/mol. The summed E-state index contributed by atoms with van der Waals surface area (Å²) in [5.41, 5.74) is 0.981. The number of allylic oxidation sites excluding steroid dienone is 1. The van der Waals surface area contributed by atoms with Crippen molar-refractivity contribution in [1.82, 2.24) is 0 Å². The molecule has 2 aliphatic heterocycles. The molecule has 0 aromatic rings. The Morgan fingerprint density at radius 1 is 1.03 bits per heavy atom. The van der Waals surface area contributed by atoms with Crippen LogP contribution < -0.4 is 0 Å². The highest BCUT2D eigenvalue weighted by atomic mass is 32.2. The molecule has 7 rings (SSSR count). The normalized spacial score (nSPS) is 40.8. The second kappa shape index (κ2) is 8.66. The van der Waals surface area contributed by atoms with Gasteiger partial charge in [-0.15, -0.1) is 0 Å². The maximum absolute atomic E-state index is 13.9. The van der Waals surface area contributed by atoms with Crippen molar-refractivity contribution in [3.63, 3.8) is 0 Å². The minimum Gasteiger partial charge on any atom is -0.415 e. The summed E-state index contributed by atoms with van der Waals surface area (Å²) in [6, 6.07) is 0. The minimum atomic E-state index is -1.90. The molecule has 0 amide bonds. The lowest BCUT2D eigenvalue weighted by molar-refractivity contribution is -0.234. The second-order valence-corrected chi connectivity index (χ2v) is 26.3. The van der Waals surface area contributed by atoms with Gasteiger partial charge in [0.2, 0.25) is 0 Å². The minimum absolute atomic E-state index is 0.0211. The molecule has 0 N–H and O–H groups in total. The van der Waals surface area contributed by atoms with Crippen LogP contribution in [0.5, 0.6) is 0 Å². The molecule has 0 aromatic carbocycles. The summed E-state index contributed by atoms with van der Waals surface area (Å²) in [5, 5.41) is 0.354. The van der Waals surface area contributed by atoms with Crippen molar-refractivity contribution in [2.75, 3.05) is 19.5 Å². The fourth-order valence-corrected chi connectivity index (χ4v) is 10.6. The number of rotatable bonds is 7. The Kier molecular flexibility index (Phi) is 6.63. The van der Waals surface area contributed by atoms with Crippen molar-refractivity contribution >= 4 is 34.2 Å². The molecule has 0 radical (unpaired) electrons. The fraction of sp³-hybridized carbons (Fsp3) is 0.833. The third kappa shape index (κ3) is 4.03. The number of fused-ring (bicyclic) bond motifs is 2. The molecule has 6 bridgehead atoms. The number of thioether (sulfide) groups is 1. The number of hydrogen-bond acceptors (Lipinski definition) is 5. The van der Waals surface area contributed by atoms with Gasteiger partial charge in [0.25, 0.3) is 0 Å². The summed E-state index contributed by atoms with van der Waals surface area (Å²) >= 11 is 1.95. The zero-order valence-electron chi connectivity index (χ0n) is 25.1. The van der Waals surface area contributed by atoms with E-state index in [0.717, 1.165) is 19.4 Å². The Hall–Kier alpha value is -0.186. The van der Waals surface area contributed by atoms with Gasteiger partial charge in [-0.3, -0.25) is 4.79 Å². The van der Waals surface area contributed by atoms with Gasteiger partial charge in [0.1, 0.15) is 5.78 Å².